The van der Waals surface area contributed by atoms with Crippen molar-refractivity contribution in [2.45, 2.75) is 18.8 Å². The van der Waals surface area contributed by atoms with Gasteiger partial charge >= 0.3 is 0 Å². The highest BCUT2D eigenvalue weighted by molar-refractivity contribution is 5.92. The van der Waals surface area contributed by atoms with Crippen LogP contribution in [-0.2, 0) is 16.6 Å². The number of benzene rings is 1. The van der Waals surface area contributed by atoms with Crippen LogP contribution in [0.15, 0.2) is 42.7 Å². The summed E-state index contributed by atoms with van der Waals surface area (Å²) >= 11 is 0. The van der Waals surface area contributed by atoms with E-state index in [1.807, 2.05) is 54.7 Å². The summed E-state index contributed by atoms with van der Waals surface area (Å²) in [5.41, 5.74) is 1.94. The van der Waals surface area contributed by atoms with Crippen LogP contribution in [0, 0.1) is 11.8 Å². The van der Waals surface area contributed by atoms with Crippen molar-refractivity contribution in [3.05, 3.63) is 48.3 Å². The molecule has 2 atom stereocenters. The van der Waals surface area contributed by atoms with Gasteiger partial charge in [0.1, 0.15) is 0 Å². The van der Waals surface area contributed by atoms with Gasteiger partial charge in [-0.1, -0.05) is 18.2 Å². The fourth-order valence-electron chi connectivity index (χ4n) is 4.28. The normalized spacial score (nSPS) is 23.0. The maximum absolute atomic E-state index is 13.1. The highest BCUT2D eigenvalue weighted by Gasteiger charge is 2.38. The van der Waals surface area contributed by atoms with Gasteiger partial charge in [0, 0.05) is 56.9 Å². The molecule has 1 aromatic heterocycles. The number of aromatic nitrogens is 2. The largest absolute Gasteiger partial charge is 0.342 e. The molecule has 148 valence electrons. The molecule has 28 heavy (non-hydrogen) atoms. The average Bonchev–Trinajstić information content (AvgIpc) is 3.37. The van der Waals surface area contributed by atoms with E-state index in [1.54, 1.807) is 4.68 Å². The molecule has 4 rings (SSSR count). The summed E-state index contributed by atoms with van der Waals surface area (Å²) in [5, 5.41) is 10.6. The SMILES string of the molecule is Cn1cc([C@H]2CNC[C@@H]2C(=O)N2CCC(C(=O)Nc3ccccc3)CC2)cn1. The summed E-state index contributed by atoms with van der Waals surface area (Å²) in [4.78, 5) is 27.6. The third kappa shape index (κ3) is 3.94. The standard InChI is InChI=1S/C21H27N5O2/c1-25-14-16(11-23-25)18-12-22-13-19(18)21(28)26-9-7-15(8-10-26)20(27)24-17-5-3-2-4-6-17/h2-6,11,14-15,18-19,22H,7-10,12-13H2,1H3,(H,24,27)/t18-,19+/m1/s1. The fraction of sp³-hybridized carbons (Fsp3) is 0.476. The molecule has 2 aromatic rings. The van der Waals surface area contributed by atoms with Crippen LogP contribution < -0.4 is 10.6 Å². The Kier molecular flexibility index (Phi) is 5.43. The van der Waals surface area contributed by atoms with Crippen LogP contribution in [0.4, 0.5) is 5.69 Å². The first-order chi connectivity index (χ1) is 13.6. The number of nitrogens with one attached hydrogen (secondary N) is 2. The van der Waals surface area contributed by atoms with Crippen molar-refractivity contribution in [3.8, 4) is 0 Å². The second-order valence-electron chi connectivity index (χ2n) is 7.77. The number of carbonyl (C=O) groups excluding carboxylic acids is 2. The Balaban J connectivity index is 1.33. The number of hydrogen-bond donors (Lipinski definition) is 2. The lowest BCUT2D eigenvalue weighted by Gasteiger charge is -2.34. The van der Waals surface area contributed by atoms with Gasteiger partial charge in [0.25, 0.3) is 0 Å². The molecule has 3 heterocycles. The summed E-state index contributed by atoms with van der Waals surface area (Å²) in [6.07, 6.45) is 5.28. The molecule has 7 nitrogen and oxygen atoms in total. The number of anilines is 1. The van der Waals surface area contributed by atoms with Crippen molar-refractivity contribution in [2.24, 2.45) is 18.9 Å². The lowest BCUT2D eigenvalue weighted by atomic mass is 9.88. The molecule has 0 bridgehead atoms. The van der Waals surface area contributed by atoms with Crippen LogP contribution >= 0.6 is 0 Å². The van der Waals surface area contributed by atoms with Gasteiger partial charge in [-0.15, -0.1) is 0 Å². The van der Waals surface area contributed by atoms with Crippen LogP contribution in [0.1, 0.15) is 24.3 Å². The summed E-state index contributed by atoms with van der Waals surface area (Å²) in [6.45, 7) is 2.79. The Bertz CT molecular complexity index is 826. The minimum absolute atomic E-state index is 0.0416. The topological polar surface area (TPSA) is 79.3 Å². The predicted molar refractivity (Wildman–Crippen MR) is 107 cm³/mol. The Morgan fingerprint density at radius 1 is 1.14 bits per heavy atom. The molecule has 1 aromatic carbocycles. The molecule has 2 fully saturated rings. The van der Waals surface area contributed by atoms with E-state index in [-0.39, 0.29) is 29.6 Å². The van der Waals surface area contributed by atoms with Gasteiger partial charge in [0.2, 0.25) is 11.8 Å². The monoisotopic (exact) mass is 381 g/mol. The molecule has 2 N–H and O–H groups in total. The quantitative estimate of drug-likeness (QED) is 0.843. The zero-order valence-electron chi connectivity index (χ0n) is 16.2. The van der Waals surface area contributed by atoms with Gasteiger partial charge < -0.3 is 15.5 Å². The highest BCUT2D eigenvalue weighted by atomic mass is 16.2. The van der Waals surface area contributed by atoms with E-state index >= 15 is 0 Å². The third-order valence-electron chi connectivity index (χ3n) is 5.90. The number of likely N-dealkylation sites (tertiary alicyclic amines) is 1. The second kappa shape index (κ2) is 8.14. The number of hydrogen-bond acceptors (Lipinski definition) is 4. The van der Waals surface area contributed by atoms with E-state index < -0.39 is 0 Å². The zero-order valence-corrected chi connectivity index (χ0v) is 16.2. The Morgan fingerprint density at radius 3 is 2.57 bits per heavy atom. The van der Waals surface area contributed by atoms with Gasteiger partial charge in [0.05, 0.1) is 12.1 Å². The first kappa shape index (κ1) is 18.7. The lowest BCUT2D eigenvalue weighted by Crippen LogP contribution is -2.45. The molecular weight excluding hydrogens is 354 g/mol. The maximum Gasteiger partial charge on any atom is 0.227 e. The van der Waals surface area contributed by atoms with E-state index in [2.05, 4.69) is 15.7 Å². The average molecular weight is 381 g/mol. The number of rotatable bonds is 4. The van der Waals surface area contributed by atoms with E-state index in [9.17, 15) is 9.59 Å². The fourth-order valence-corrected chi connectivity index (χ4v) is 4.28. The summed E-state index contributed by atoms with van der Waals surface area (Å²) in [5.74, 6) is 0.314. The van der Waals surface area contributed by atoms with Crippen LogP contribution in [0.2, 0.25) is 0 Å². The third-order valence-corrected chi connectivity index (χ3v) is 5.90. The molecule has 2 aliphatic heterocycles. The Hall–Kier alpha value is -2.67. The van der Waals surface area contributed by atoms with E-state index in [0.29, 0.717) is 32.5 Å². The van der Waals surface area contributed by atoms with Crippen LogP contribution in [0.5, 0.6) is 0 Å². The minimum atomic E-state index is -0.0566. The van der Waals surface area contributed by atoms with Crippen molar-refractivity contribution >= 4 is 17.5 Å². The summed E-state index contributed by atoms with van der Waals surface area (Å²) in [6, 6.07) is 9.53. The molecule has 0 radical (unpaired) electrons. The Morgan fingerprint density at radius 2 is 1.89 bits per heavy atom. The van der Waals surface area contributed by atoms with E-state index in [4.69, 9.17) is 0 Å². The highest BCUT2D eigenvalue weighted by Crippen LogP contribution is 2.31. The molecule has 0 unspecified atom stereocenters. The number of piperidine rings is 1. The van der Waals surface area contributed by atoms with Crippen molar-refractivity contribution in [1.29, 1.82) is 0 Å². The van der Waals surface area contributed by atoms with E-state index in [0.717, 1.165) is 17.8 Å². The number of aryl methyl sites for hydroxylation is 1. The zero-order chi connectivity index (χ0) is 19.5. The molecule has 2 aliphatic rings. The maximum atomic E-state index is 13.1. The van der Waals surface area contributed by atoms with Crippen molar-refractivity contribution in [1.82, 2.24) is 20.0 Å². The molecule has 2 saturated heterocycles. The molecular formula is C21H27N5O2. The number of amides is 2. The van der Waals surface area contributed by atoms with Crippen LogP contribution in [-0.4, -0.2) is 52.7 Å². The number of carbonyl (C=O) groups is 2. The van der Waals surface area contributed by atoms with Crippen LogP contribution in [0.25, 0.3) is 0 Å². The molecule has 2 amide bonds. The van der Waals surface area contributed by atoms with E-state index in [1.165, 1.54) is 0 Å². The predicted octanol–water partition coefficient (Wildman–Crippen LogP) is 1.60. The Labute approximate surface area is 165 Å². The van der Waals surface area contributed by atoms with Crippen LogP contribution in [0.3, 0.4) is 0 Å². The first-order valence-corrected chi connectivity index (χ1v) is 9.96. The van der Waals surface area contributed by atoms with Crippen molar-refractivity contribution in [3.63, 3.8) is 0 Å². The van der Waals surface area contributed by atoms with Gasteiger partial charge in [0.15, 0.2) is 0 Å². The van der Waals surface area contributed by atoms with Gasteiger partial charge in [-0.25, -0.2) is 0 Å². The molecule has 0 saturated carbocycles. The molecule has 0 spiro atoms. The summed E-state index contributed by atoms with van der Waals surface area (Å²) in [7, 11) is 1.90. The second-order valence-corrected chi connectivity index (χ2v) is 7.77. The van der Waals surface area contributed by atoms with Gasteiger partial charge in [-0.2, -0.15) is 5.10 Å². The van der Waals surface area contributed by atoms with Gasteiger partial charge in [-0.05, 0) is 30.5 Å². The number of para-hydroxylation sites is 1. The minimum Gasteiger partial charge on any atom is -0.342 e. The van der Waals surface area contributed by atoms with Crippen molar-refractivity contribution in [2.75, 3.05) is 31.5 Å². The summed E-state index contributed by atoms with van der Waals surface area (Å²) < 4.78 is 1.78. The lowest BCUT2D eigenvalue weighted by molar-refractivity contribution is -0.138. The number of nitrogens with zero attached hydrogens (tertiary/aromatic N) is 3. The molecule has 0 aliphatic carbocycles. The van der Waals surface area contributed by atoms with Crippen molar-refractivity contribution < 1.29 is 9.59 Å². The van der Waals surface area contributed by atoms with Gasteiger partial charge in [-0.3, -0.25) is 14.3 Å². The first-order valence-electron chi connectivity index (χ1n) is 9.96. The smallest absolute Gasteiger partial charge is 0.227 e. The molecule has 7 heteroatoms.